The first-order chi connectivity index (χ1) is 10.6. The minimum absolute atomic E-state index is 0.0630. The topological polar surface area (TPSA) is 91.1 Å². The Morgan fingerprint density at radius 1 is 1.55 bits per heavy atom. The highest BCUT2D eigenvalue weighted by atomic mass is 16.7. The molecule has 0 spiro atoms. The van der Waals surface area contributed by atoms with E-state index in [-0.39, 0.29) is 17.3 Å². The molecule has 1 N–H and O–H groups in total. The number of nitrogens with zero attached hydrogens (tertiary/aromatic N) is 3. The highest BCUT2D eigenvalue weighted by Crippen LogP contribution is 2.70. The standard InChI is InChI=1S/C16H24N4O2/c1-11(9-19-20-18)8-12-14(15(12,2)10-17)16(5-6-16)22-13-4-3-7-21-13/h8,10,12-14,17H,3-7,9H2,1-2H3/b11-8-,17-10?/t12?,13?,14-,15+/m0/s1. The van der Waals surface area contributed by atoms with Crippen LogP contribution in [0.5, 0.6) is 0 Å². The molecule has 0 radical (unpaired) electrons. The molecule has 2 aliphatic carbocycles. The molecule has 1 saturated heterocycles. The van der Waals surface area contributed by atoms with Crippen LogP contribution in [0.2, 0.25) is 0 Å². The summed E-state index contributed by atoms with van der Waals surface area (Å²) in [7, 11) is 0. The van der Waals surface area contributed by atoms with Gasteiger partial charge in [-0.05, 0) is 37.6 Å². The summed E-state index contributed by atoms with van der Waals surface area (Å²) in [6, 6.07) is 0. The van der Waals surface area contributed by atoms with Crippen molar-refractivity contribution >= 4 is 6.21 Å². The predicted molar refractivity (Wildman–Crippen MR) is 83.7 cm³/mol. The van der Waals surface area contributed by atoms with Crippen molar-refractivity contribution in [3.05, 3.63) is 22.1 Å². The summed E-state index contributed by atoms with van der Waals surface area (Å²) in [6.07, 6.45) is 7.84. The van der Waals surface area contributed by atoms with Crippen LogP contribution in [-0.2, 0) is 9.47 Å². The summed E-state index contributed by atoms with van der Waals surface area (Å²) in [5.74, 6) is 0.630. The molecule has 1 heterocycles. The average Bonchev–Trinajstić information content (AvgIpc) is 3.30. The van der Waals surface area contributed by atoms with Crippen LogP contribution in [-0.4, -0.2) is 31.3 Å². The van der Waals surface area contributed by atoms with Crippen LogP contribution in [0.25, 0.3) is 10.4 Å². The van der Waals surface area contributed by atoms with Crippen molar-refractivity contribution in [3.63, 3.8) is 0 Å². The van der Waals surface area contributed by atoms with Crippen LogP contribution in [0.1, 0.15) is 39.5 Å². The number of azide groups is 1. The summed E-state index contributed by atoms with van der Waals surface area (Å²) < 4.78 is 11.9. The number of hydrogen-bond acceptors (Lipinski definition) is 4. The molecule has 2 unspecified atom stereocenters. The normalized spacial score (nSPS) is 39.2. The van der Waals surface area contributed by atoms with Gasteiger partial charge in [0.2, 0.25) is 0 Å². The zero-order valence-corrected chi connectivity index (χ0v) is 13.3. The molecule has 3 aliphatic rings. The van der Waals surface area contributed by atoms with Crippen LogP contribution in [0.3, 0.4) is 0 Å². The maximum Gasteiger partial charge on any atom is 0.158 e. The number of hydrogen-bond donors (Lipinski definition) is 1. The molecule has 4 atom stereocenters. The zero-order chi connectivity index (χ0) is 15.8. The second-order valence-corrected chi connectivity index (χ2v) is 7.04. The molecule has 3 rings (SSSR count). The second kappa shape index (κ2) is 5.69. The lowest BCUT2D eigenvalue weighted by atomic mass is 10.0. The Balaban J connectivity index is 1.72. The van der Waals surface area contributed by atoms with Gasteiger partial charge in [-0.2, -0.15) is 0 Å². The van der Waals surface area contributed by atoms with Gasteiger partial charge in [-0.3, -0.25) is 0 Å². The molecule has 0 amide bonds. The van der Waals surface area contributed by atoms with E-state index in [0.29, 0.717) is 18.4 Å². The highest BCUT2D eigenvalue weighted by molar-refractivity contribution is 5.70. The van der Waals surface area contributed by atoms with Crippen molar-refractivity contribution in [1.82, 2.24) is 0 Å². The fourth-order valence-corrected chi connectivity index (χ4v) is 3.95. The minimum Gasteiger partial charge on any atom is -0.353 e. The third kappa shape index (κ3) is 2.67. The Labute approximate surface area is 131 Å². The van der Waals surface area contributed by atoms with E-state index < -0.39 is 0 Å². The Morgan fingerprint density at radius 3 is 2.86 bits per heavy atom. The largest absolute Gasteiger partial charge is 0.353 e. The molecule has 3 fully saturated rings. The summed E-state index contributed by atoms with van der Waals surface area (Å²) in [4.78, 5) is 2.81. The van der Waals surface area contributed by atoms with Gasteiger partial charge in [-0.1, -0.05) is 23.7 Å². The van der Waals surface area contributed by atoms with Crippen molar-refractivity contribution in [2.45, 2.75) is 51.4 Å². The van der Waals surface area contributed by atoms with E-state index in [4.69, 9.17) is 20.4 Å². The van der Waals surface area contributed by atoms with Crippen LogP contribution in [0, 0.1) is 22.7 Å². The number of ether oxygens (including phenoxy) is 2. The van der Waals surface area contributed by atoms with Gasteiger partial charge in [0.05, 0.1) is 5.60 Å². The lowest BCUT2D eigenvalue weighted by molar-refractivity contribution is -0.163. The molecule has 6 heteroatoms. The van der Waals surface area contributed by atoms with Gasteiger partial charge in [0, 0.05) is 42.0 Å². The molecular weight excluding hydrogens is 280 g/mol. The zero-order valence-electron chi connectivity index (χ0n) is 13.3. The first-order valence-electron chi connectivity index (χ1n) is 8.05. The summed E-state index contributed by atoms with van der Waals surface area (Å²) in [5, 5.41) is 11.4. The van der Waals surface area contributed by atoms with Gasteiger partial charge >= 0.3 is 0 Å². The van der Waals surface area contributed by atoms with Gasteiger partial charge in [-0.15, -0.1) is 0 Å². The second-order valence-electron chi connectivity index (χ2n) is 7.04. The summed E-state index contributed by atoms with van der Waals surface area (Å²) >= 11 is 0. The van der Waals surface area contributed by atoms with E-state index in [9.17, 15) is 0 Å². The maximum absolute atomic E-state index is 8.43. The lowest BCUT2D eigenvalue weighted by Crippen LogP contribution is -2.27. The monoisotopic (exact) mass is 304 g/mol. The molecule has 0 aromatic carbocycles. The SMILES string of the molecule is C/C(=C/C1[C@H](C2(OC3CCCO3)CC2)[C@]1(C)C=N)CN=[N+]=[N-]. The Bertz CT molecular complexity index is 530. The highest BCUT2D eigenvalue weighted by Gasteiger charge is 2.72. The van der Waals surface area contributed by atoms with Crippen molar-refractivity contribution in [2.24, 2.45) is 22.4 Å². The molecule has 2 saturated carbocycles. The van der Waals surface area contributed by atoms with E-state index in [1.165, 1.54) is 0 Å². The van der Waals surface area contributed by atoms with E-state index in [1.54, 1.807) is 6.21 Å². The fourth-order valence-electron chi connectivity index (χ4n) is 3.95. The van der Waals surface area contributed by atoms with Crippen LogP contribution in [0.4, 0.5) is 0 Å². The van der Waals surface area contributed by atoms with Crippen molar-refractivity contribution < 1.29 is 9.47 Å². The first-order valence-corrected chi connectivity index (χ1v) is 8.05. The van der Waals surface area contributed by atoms with Gasteiger partial charge in [0.1, 0.15) is 0 Å². The molecule has 22 heavy (non-hydrogen) atoms. The molecule has 0 aromatic heterocycles. The Hall–Kier alpha value is -1.36. The van der Waals surface area contributed by atoms with Crippen molar-refractivity contribution in [1.29, 1.82) is 5.41 Å². The molecule has 0 aromatic rings. The van der Waals surface area contributed by atoms with Gasteiger partial charge < -0.3 is 14.9 Å². The number of rotatable bonds is 7. The average molecular weight is 304 g/mol. The molecule has 120 valence electrons. The fraction of sp³-hybridized carbons (Fsp3) is 0.812. The maximum atomic E-state index is 8.43. The molecule has 6 nitrogen and oxygen atoms in total. The van der Waals surface area contributed by atoms with Crippen LogP contribution in [0.15, 0.2) is 16.8 Å². The molecule has 0 bridgehead atoms. The number of nitrogens with one attached hydrogen (secondary N) is 1. The smallest absolute Gasteiger partial charge is 0.158 e. The quantitative estimate of drug-likeness (QED) is 0.254. The third-order valence-corrected chi connectivity index (χ3v) is 5.36. The van der Waals surface area contributed by atoms with E-state index in [2.05, 4.69) is 23.0 Å². The van der Waals surface area contributed by atoms with Crippen molar-refractivity contribution in [2.75, 3.05) is 13.2 Å². The summed E-state index contributed by atoms with van der Waals surface area (Å²) in [5.41, 5.74) is 9.23. The van der Waals surface area contributed by atoms with Crippen molar-refractivity contribution in [3.8, 4) is 0 Å². The van der Waals surface area contributed by atoms with E-state index >= 15 is 0 Å². The van der Waals surface area contributed by atoms with Gasteiger partial charge in [-0.25, -0.2) is 0 Å². The Morgan fingerprint density at radius 2 is 2.32 bits per heavy atom. The Kier molecular flexibility index (Phi) is 4.02. The molecule has 1 aliphatic heterocycles. The lowest BCUT2D eigenvalue weighted by Gasteiger charge is -2.22. The minimum atomic E-state index is -0.146. The third-order valence-electron chi connectivity index (χ3n) is 5.36. The van der Waals surface area contributed by atoms with Crippen LogP contribution >= 0.6 is 0 Å². The number of allylic oxidation sites excluding steroid dienone is 1. The van der Waals surface area contributed by atoms with E-state index in [1.807, 2.05) is 6.92 Å². The van der Waals surface area contributed by atoms with E-state index in [0.717, 1.165) is 37.9 Å². The van der Waals surface area contributed by atoms with Gasteiger partial charge in [0.15, 0.2) is 6.29 Å². The van der Waals surface area contributed by atoms with Crippen LogP contribution < -0.4 is 0 Å². The predicted octanol–water partition coefficient (Wildman–Crippen LogP) is 3.83. The molecular formula is C16H24N4O2. The summed E-state index contributed by atoms with van der Waals surface area (Å²) in [6.45, 7) is 5.30. The van der Waals surface area contributed by atoms with Gasteiger partial charge in [0.25, 0.3) is 0 Å². The first kappa shape index (κ1) is 15.5.